The monoisotopic (exact) mass is 371 g/mol. The fourth-order valence-electron chi connectivity index (χ4n) is 1.81. The maximum atomic E-state index is 4.63. The number of nitrogens with one attached hydrogen (secondary N) is 1. The van der Waals surface area contributed by atoms with E-state index in [4.69, 9.17) is 0 Å². The largest absolute Gasteiger partial charge is 0.369 e. The van der Waals surface area contributed by atoms with Crippen molar-refractivity contribution in [3.05, 3.63) is 21.5 Å². The first-order valence-electron chi connectivity index (χ1n) is 6.47. The van der Waals surface area contributed by atoms with Crippen molar-refractivity contribution < 1.29 is 0 Å². The van der Waals surface area contributed by atoms with Crippen molar-refractivity contribution in [3.63, 3.8) is 0 Å². The Hall–Kier alpha value is -1.18. The van der Waals surface area contributed by atoms with Gasteiger partial charge in [-0.3, -0.25) is 4.68 Å². The van der Waals surface area contributed by atoms with Crippen molar-refractivity contribution in [2.24, 2.45) is 0 Å². The number of aromatic nitrogens is 4. The first kappa shape index (κ1) is 14.2. The minimum absolute atomic E-state index is 0.732. The third-order valence-corrected chi connectivity index (χ3v) is 4.10. The molecule has 0 aromatic carbocycles. The number of nitrogens with zero attached hydrogens (tertiary/aromatic N) is 4. The highest BCUT2D eigenvalue weighted by atomic mass is 127. The summed E-state index contributed by atoms with van der Waals surface area (Å²) in [6, 6.07) is 1.95. The molecule has 0 fully saturated rings. The minimum atomic E-state index is 0.732. The molecule has 2 aromatic heterocycles. The van der Waals surface area contributed by atoms with Crippen molar-refractivity contribution >= 4 is 28.4 Å². The molecule has 0 radical (unpaired) electrons. The van der Waals surface area contributed by atoms with Crippen LogP contribution >= 0.6 is 22.6 Å². The summed E-state index contributed by atoms with van der Waals surface area (Å²) in [5, 5.41) is 7.62. The molecule has 0 unspecified atom stereocenters. The van der Waals surface area contributed by atoms with Crippen molar-refractivity contribution in [3.8, 4) is 11.5 Å². The van der Waals surface area contributed by atoms with E-state index in [0.717, 1.165) is 46.1 Å². The van der Waals surface area contributed by atoms with Crippen molar-refractivity contribution in [2.75, 3.05) is 11.9 Å². The quantitative estimate of drug-likeness (QED) is 0.821. The van der Waals surface area contributed by atoms with E-state index in [9.17, 15) is 0 Å². The van der Waals surface area contributed by atoms with Crippen LogP contribution in [-0.4, -0.2) is 26.3 Å². The number of hydrogen-bond donors (Lipinski definition) is 1. The summed E-state index contributed by atoms with van der Waals surface area (Å²) in [6.45, 7) is 7.94. The first-order chi connectivity index (χ1) is 9.17. The van der Waals surface area contributed by atoms with Gasteiger partial charge in [0, 0.05) is 19.3 Å². The molecule has 2 aromatic rings. The summed E-state index contributed by atoms with van der Waals surface area (Å²) >= 11 is 2.29. The van der Waals surface area contributed by atoms with Gasteiger partial charge in [-0.1, -0.05) is 6.92 Å². The Bertz CT molecular complexity index is 564. The van der Waals surface area contributed by atoms with Crippen LogP contribution in [0.4, 0.5) is 5.82 Å². The Morgan fingerprint density at radius 3 is 2.79 bits per heavy atom. The molecule has 0 amide bonds. The van der Waals surface area contributed by atoms with Crippen LogP contribution in [-0.2, 0) is 6.54 Å². The second-order valence-electron chi connectivity index (χ2n) is 4.25. The molecular formula is C13H18IN5. The Morgan fingerprint density at radius 2 is 2.11 bits per heavy atom. The highest BCUT2D eigenvalue weighted by Gasteiger charge is 2.13. The van der Waals surface area contributed by atoms with Crippen molar-refractivity contribution in [1.82, 2.24) is 19.7 Å². The summed E-state index contributed by atoms with van der Waals surface area (Å²) in [5.74, 6) is 1.64. The molecular weight excluding hydrogens is 353 g/mol. The third-order valence-electron chi connectivity index (χ3n) is 2.80. The highest BCUT2D eigenvalue weighted by molar-refractivity contribution is 14.1. The number of anilines is 1. The average Bonchev–Trinajstić information content (AvgIpc) is 2.88. The molecule has 0 bridgehead atoms. The summed E-state index contributed by atoms with van der Waals surface area (Å²) in [5.41, 5.74) is 1.95. The lowest BCUT2D eigenvalue weighted by atomic mass is 10.3. The smallest absolute Gasteiger partial charge is 0.180 e. The predicted molar refractivity (Wildman–Crippen MR) is 85.2 cm³/mol. The van der Waals surface area contributed by atoms with E-state index < -0.39 is 0 Å². The van der Waals surface area contributed by atoms with Crippen molar-refractivity contribution in [1.29, 1.82) is 0 Å². The number of rotatable bonds is 5. The molecule has 0 aliphatic heterocycles. The SMILES string of the molecule is CCCNc1nc(-c2ccnn2CC)nc(C)c1I. The molecule has 2 rings (SSSR count). The van der Waals surface area contributed by atoms with E-state index in [1.807, 2.05) is 17.7 Å². The molecule has 0 aliphatic rings. The van der Waals surface area contributed by atoms with E-state index in [-0.39, 0.29) is 0 Å². The maximum absolute atomic E-state index is 4.63. The maximum Gasteiger partial charge on any atom is 0.180 e. The van der Waals surface area contributed by atoms with Gasteiger partial charge in [0.2, 0.25) is 0 Å². The zero-order valence-electron chi connectivity index (χ0n) is 11.4. The molecule has 0 atom stereocenters. The standard InChI is InChI=1S/C13H18IN5/c1-4-7-15-13-11(14)9(3)17-12(18-13)10-6-8-16-19(10)5-2/h6,8H,4-5,7H2,1-3H3,(H,15,17,18). The van der Waals surface area contributed by atoms with Gasteiger partial charge in [-0.05, 0) is 48.9 Å². The highest BCUT2D eigenvalue weighted by Crippen LogP contribution is 2.23. The van der Waals surface area contributed by atoms with Gasteiger partial charge in [0.25, 0.3) is 0 Å². The zero-order chi connectivity index (χ0) is 13.8. The fourth-order valence-corrected chi connectivity index (χ4v) is 2.24. The number of halogens is 1. The number of aryl methyl sites for hydroxylation is 2. The van der Waals surface area contributed by atoms with Gasteiger partial charge >= 0.3 is 0 Å². The van der Waals surface area contributed by atoms with Crippen LogP contribution in [0.2, 0.25) is 0 Å². The first-order valence-corrected chi connectivity index (χ1v) is 7.55. The Labute approximate surface area is 127 Å². The van der Waals surface area contributed by atoms with E-state index in [2.05, 4.69) is 56.8 Å². The molecule has 19 heavy (non-hydrogen) atoms. The molecule has 0 aliphatic carbocycles. The molecule has 1 N–H and O–H groups in total. The van der Waals surface area contributed by atoms with Gasteiger partial charge in [-0.2, -0.15) is 5.10 Å². The second-order valence-corrected chi connectivity index (χ2v) is 5.33. The lowest BCUT2D eigenvalue weighted by Gasteiger charge is -2.11. The molecule has 0 spiro atoms. The Kier molecular flexibility index (Phi) is 4.73. The van der Waals surface area contributed by atoms with Crippen molar-refractivity contribution in [2.45, 2.75) is 33.7 Å². The van der Waals surface area contributed by atoms with Crippen LogP contribution in [0.25, 0.3) is 11.5 Å². The van der Waals surface area contributed by atoms with Crippen LogP contribution in [0.3, 0.4) is 0 Å². The van der Waals surface area contributed by atoms with Gasteiger partial charge in [-0.15, -0.1) is 0 Å². The van der Waals surface area contributed by atoms with Crippen LogP contribution in [0.1, 0.15) is 26.0 Å². The fraction of sp³-hybridized carbons (Fsp3) is 0.462. The second kappa shape index (κ2) is 6.31. The topological polar surface area (TPSA) is 55.6 Å². The van der Waals surface area contributed by atoms with Gasteiger partial charge in [0.15, 0.2) is 5.82 Å². The van der Waals surface area contributed by atoms with Crippen LogP contribution < -0.4 is 5.32 Å². The summed E-state index contributed by atoms with van der Waals surface area (Å²) in [6.07, 6.45) is 2.86. The molecule has 0 saturated carbocycles. The average molecular weight is 371 g/mol. The van der Waals surface area contributed by atoms with Gasteiger partial charge < -0.3 is 5.32 Å². The lowest BCUT2D eigenvalue weighted by Crippen LogP contribution is -2.09. The van der Waals surface area contributed by atoms with Gasteiger partial charge in [0.1, 0.15) is 11.5 Å². The minimum Gasteiger partial charge on any atom is -0.369 e. The predicted octanol–water partition coefficient (Wildman–Crippen LogP) is 3.09. The zero-order valence-corrected chi connectivity index (χ0v) is 13.6. The molecule has 5 nitrogen and oxygen atoms in total. The summed E-state index contributed by atoms with van der Waals surface area (Å²) in [4.78, 5) is 9.20. The van der Waals surface area contributed by atoms with Gasteiger partial charge in [0.05, 0.1) is 9.26 Å². The van der Waals surface area contributed by atoms with Crippen LogP contribution in [0, 0.1) is 10.5 Å². The molecule has 0 saturated heterocycles. The number of hydrogen-bond acceptors (Lipinski definition) is 4. The molecule has 102 valence electrons. The summed E-state index contributed by atoms with van der Waals surface area (Å²) in [7, 11) is 0. The summed E-state index contributed by atoms with van der Waals surface area (Å²) < 4.78 is 2.99. The van der Waals surface area contributed by atoms with E-state index >= 15 is 0 Å². The Balaban J connectivity index is 2.44. The van der Waals surface area contributed by atoms with Gasteiger partial charge in [-0.25, -0.2) is 9.97 Å². The normalized spacial score (nSPS) is 10.7. The van der Waals surface area contributed by atoms with E-state index in [1.54, 1.807) is 6.20 Å². The van der Waals surface area contributed by atoms with E-state index in [1.165, 1.54) is 0 Å². The Morgan fingerprint density at radius 1 is 1.32 bits per heavy atom. The molecule has 2 heterocycles. The van der Waals surface area contributed by atoms with Crippen LogP contribution in [0.5, 0.6) is 0 Å². The van der Waals surface area contributed by atoms with E-state index in [0.29, 0.717) is 0 Å². The van der Waals surface area contributed by atoms with Crippen LogP contribution in [0.15, 0.2) is 12.3 Å². The molecule has 6 heteroatoms. The lowest BCUT2D eigenvalue weighted by molar-refractivity contribution is 0.663. The third kappa shape index (κ3) is 3.05.